The van der Waals surface area contributed by atoms with Crippen molar-refractivity contribution in [3.63, 3.8) is 0 Å². The van der Waals surface area contributed by atoms with E-state index in [0.29, 0.717) is 13.1 Å². The maximum atomic E-state index is 12.0. The van der Waals surface area contributed by atoms with Crippen LogP contribution in [0.1, 0.15) is 16.3 Å². The summed E-state index contributed by atoms with van der Waals surface area (Å²) in [5.74, 6) is 0.964. The molecule has 2 aromatic rings. The van der Waals surface area contributed by atoms with Gasteiger partial charge in [0.05, 0.1) is 17.2 Å². The minimum Gasteiger partial charge on any atom is -0.354 e. The number of nitrogens with one attached hydrogen (secondary N) is 2. The van der Waals surface area contributed by atoms with Crippen LogP contribution in [-0.4, -0.2) is 54.1 Å². The van der Waals surface area contributed by atoms with Crippen LogP contribution >= 0.6 is 11.3 Å². The zero-order valence-electron chi connectivity index (χ0n) is 14.7. The summed E-state index contributed by atoms with van der Waals surface area (Å²) in [6.07, 6.45) is 1.81. The van der Waals surface area contributed by atoms with Crippen molar-refractivity contribution >= 4 is 23.2 Å². The molecule has 0 bridgehead atoms. The number of amides is 2. The number of nitrogens with zero attached hydrogens (tertiary/aromatic N) is 4. The second-order valence-electron chi connectivity index (χ2n) is 6.17. The van der Waals surface area contributed by atoms with Gasteiger partial charge in [-0.3, -0.25) is 0 Å². The molecule has 1 saturated heterocycles. The third kappa shape index (κ3) is 4.90. The van der Waals surface area contributed by atoms with Crippen LogP contribution in [-0.2, 0) is 13.1 Å². The van der Waals surface area contributed by atoms with Gasteiger partial charge in [-0.15, -0.1) is 11.3 Å². The number of aromatic nitrogens is 2. The summed E-state index contributed by atoms with van der Waals surface area (Å²) in [5, 5.41) is 8.72. The molecule has 25 heavy (non-hydrogen) atoms. The fraction of sp³-hybridized carbons (Fsp3) is 0.471. The standard InChI is InChI=1S/C17H24N6OS/c1-13-21-15(12-25-13)11-20-17(24)19-10-14-4-3-5-18-16(14)23-8-6-22(2)7-9-23/h3-5,12H,6-11H2,1-2H3,(H2,19,20,24). The first kappa shape index (κ1) is 17.6. The number of piperazine rings is 1. The van der Waals surface area contributed by atoms with E-state index in [4.69, 9.17) is 0 Å². The van der Waals surface area contributed by atoms with Gasteiger partial charge in [-0.05, 0) is 20.0 Å². The molecule has 134 valence electrons. The van der Waals surface area contributed by atoms with Gasteiger partial charge in [0.15, 0.2) is 0 Å². The summed E-state index contributed by atoms with van der Waals surface area (Å²) >= 11 is 1.58. The number of likely N-dealkylation sites (N-methyl/N-ethyl adjacent to an activating group) is 1. The fourth-order valence-electron chi connectivity index (χ4n) is 2.77. The van der Waals surface area contributed by atoms with Gasteiger partial charge in [0, 0.05) is 49.9 Å². The van der Waals surface area contributed by atoms with Crippen LogP contribution in [0, 0.1) is 6.92 Å². The Kier molecular flexibility index (Phi) is 5.83. The molecule has 2 aromatic heterocycles. The maximum Gasteiger partial charge on any atom is 0.315 e. The van der Waals surface area contributed by atoms with Crippen LogP contribution in [0.3, 0.4) is 0 Å². The SMILES string of the molecule is Cc1nc(CNC(=O)NCc2cccnc2N2CCN(C)CC2)cs1. The lowest BCUT2D eigenvalue weighted by atomic mass is 10.2. The first-order valence-electron chi connectivity index (χ1n) is 8.42. The van der Waals surface area contributed by atoms with E-state index >= 15 is 0 Å². The van der Waals surface area contributed by atoms with Crippen molar-refractivity contribution in [2.24, 2.45) is 0 Å². The number of hydrogen-bond donors (Lipinski definition) is 2. The van der Waals surface area contributed by atoms with E-state index in [1.807, 2.05) is 30.6 Å². The molecule has 0 aromatic carbocycles. The molecule has 1 fully saturated rings. The summed E-state index contributed by atoms with van der Waals surface area (Å²) in [7, 11) is 2.13. The number of rotatable bonds is 5. The van der Waals surface area contributed by atoms with Gasteiger partial charge in [-0.2, -0.15) is 0 Å². The number of carbonyl (C=O) groups is 1. The van der Waals surface area contributed by atoms with E-state index in [-0.39, 0.29) is 6.03 Å². The quantitative estimate of drug-likeness (QED) is 0.847. The maximum absolute atomic E-state index is 12.0. The van der Waals surface area contributed by atoms with Crippen molar-refractivity contribution in [1.82, 2.24) is 25.5 Å². The number of thiazole rings is 1. The zero-order valence-corrected chi connectivity index (χ0v) is 15.5. The first-order chi connectivity index (χ1) is 12.1. The largest absolute Gasteiger partial charge is 0.354 e. The normalized spacial score (nSPS) is 15.2. The minimum absolute atomic E-state index is 0.196. The summed E-state index contributed by atoms with van der Waals surface area (Å²) in [5.41, 5.74) is 1.92. The van der Waals surface area contributed by atoms with Gasteiger partial charge in [-0.25, -0.2) is 14.8 Å². The molecule has 3 heterocycles. The lowest BCUT2D eigenvalue weighted by Gasteiger charge is -2.34. The molecule has 2 amide bonds. The van der Waals surface area contributed by atoms with Gasteiger partial charge in [0.25, 0.3) is 0 Å². The van der Waals surface area contributed by atoms with Gasteiger partial charge in [0.2, 0.25) is 0 Å². The van der Waals surface area contributed by atoms with E-state index < -0.39 is 0 Å². The monoisotopic (exact) mass is 360 g/mol. The smallest absolute Gasteiger partial charge is 0.315 e. The average molecular weight is 360 g/mol. The van der Waals surface area contributed by atoms with Crippen LogP contribution in [0.25, 0.3) is 0 Å². The molecule has 0 aliphatic carbocycles. The Morgan fingerprint density at radius 1 is 1.24 bits per heavy atom. The Morgan fingerprint density at radius 3 is 2.72 bits per heavy atom. The van der Waals surface area contributed by atoms with Crippen molar-refractivity contribution in [1.29, 1.82) is 0 Å². The van der Waals surface area contributed by atoms with Gasteiger partial charge in [0.1, 0.15) is 5.82 Å². The third-order valence-electron chi connectivity index (χ3n) is 4.21. The van der Waals surface area contributed by atoms with E-state index in [2.05, 4.69) is 37.4 Å². The highest BCUT2D eigenvalue weighted by Gasteiger charge is 2.18. The van der Waals surface area contributed by atoms with Crippen molar-refractivity contribution < 1.29 is 4.79 Å². The molecule has 0 saturated carbocycles. The highest BCUT2D eigenvalue weighted by Crippen LogP contribution is 2.18. The van der Waals surface area contributed by atoms with Crippen LogP contribution in [0.4, 0.5) is 10.6 Å². The van der Waals surface area contributed by atoms with Crippen molar-refractivity contribution in [3.8, 4) is 0 Å². The second-order valence-corrected chi connectivity index (χ2v) is 7.23. The molecule has 1 aliphatic rings. The molecular formula is C17H24N6OS. The summed E-state index contributed by atoms with van der Waals surface area (Å²) in [6, 6.07) is 3.73. The van der Waals surface area contributed by atoms with Crippen LogP contribution < -0.4 is 15.5 Å². The Hall–Kier alpha value is -2.19. The molecular weight excluding hydrogens is 336 g/mol. The highest BCUT2D eigenvalue weighted by atomic mass is 32.1. The van der Waals surface area contributed by atoms with Gasteiger partial charge >= 0.3 is 6.03 Å². The summed E-state index contributed by atoms with van der Waals surface area (Å²) in [4.78, 5) is 25.5. The summed E-state index contributed by atoms with van der Waals surface area (Å²) in [6.45, 7) is 6.81. The van der Waals surface area contributed by atoms with E-state index in [1.165, 1.54) is 0 Å². The molecule has 0 unspecified atom stereocenters. The Labute approximate surface area is 152 Å². The predicted octanol–water partition coefficient (Wildman–Crippen LogP) is 1.60. The Balaban J connectivity index is 1.53. The third-order valence-corrected chi connectivity index (χ3v) is 5.03. The Morgan fingerprint density at radius 2 is 2.00 bits per heavy atom. The van der Waals surface area contributed by atoms with Gasteiger partial charge < -0.3 is 20.4 Å². The second kappa shape index (κ2) is 8.26. The number of urea groups is 1. The van der Waals surface area contributed by atoms with Crippen LogP contribution in [0.2, 0.25) is 0 Å². The lowest BCUT2D eigenvalue weighted by Crippen LogP contribution is -2.45. The number of carbonyl (C=O) groups excluding carboxylic acids is 1. The lowest BCUT2D eigenvalue weighted by molar-refractivity contribution is 0.240. The molecule has 2 N–H and O–H groups in total. The van der Waals surface area contributed by atoms with Gasteiger partial charge in [-0.1, -0.05) is 6.07 Å². The van der Waals surface area contributed by atoms with Crippen LogP contribution in [0.5, 0.6) is 0 Å². The van der Waals surface area contributed by atoms with Crippen molar-refractivity contribution in [2.75, 3.05) is 38.1 Å². The minimum atomic E-state index is -0.196. The number of pyridine rings is 1. The predicted molar refractivity (Wildman–Crippen MR) is 99.9 cm³/mol. The number of anilines is 1. The topological polar surface area (TPSA) is 73.4 Å². The molecule has 8 heteroatoms. The Bertz CT molecular complexity index is 711. The van der Waals surface area contributed by atoms with Crippen molar-refractivity contribution in [3.05, 3.63) is 40.0 Å². The first-order valence-corrected chi connectivity index (χ1v) is 9.30. The fourth-order valence-corrected chi connectivity index (χ4v) is 3.38. The molecule has 0 radical (unpaired) electrons. The molecule has 1 aliphatic heterocycles. The van der Waals surface area contributed by atoms with Crippen molar-refractivity contribution in [2.45, 2.75) is 20.0 Å². The number of aryl methyl sites for hydroxylation is 1. The summed E-state index contributed by atoms with van der Waals surface area (Å²) < 4.78 is 0. The van der Waals surface area contributed by atoms with E-state index in [1.54, 1.807) is 11.3 Å². The van der Waals surface area contributed by atoms with E-state index in [0.717, 1.165) is 48.3 Å². The van der Waals surface area contributed by atoms with E-state index in [9.17, 15) is 4.79 Å². The molecule has 3 rings (SSSR count). The number of hydrogen-bond acceptors (Lipinski definition) is 6. The molecule has 0 atom stereocenters. The highest BCUT2D eigenvalue weighted by molar-refractivity contribution is 7.09. The average Bonchev–Trinajstić information content (AvgIpc) is 3.04. The zero-order chi connectivity index (χ0) is 17.6. The van der Waals surface area contributed by atoms with Crippen LogP contribution in [0.15, 0.2) is 23.7 Å². The molecule has 7 nitrogen and oxygen atoms in total. The molecule has 0 spiro atoms.